The van der Waals surface area contributed by atoms with E-state index in [-0.39, 0.29) is 66.9 Å². The number of nitrogens with zero attached hydrogens (tertiary/aromatic N) is 3. The fraction of sp³-hybridized carbons (Fsp3) is 0.584. The lowest BCUT2D eigenvalue weighted by Gasteiger charge is -2.42. The molecule has 111 heavy (non-hydrogen) atoms. The Bertz CT molecular complexity index is 4020. The smallest absolute Gasteiger partial charge is 0.329 e. The Morgan fingerprint density at radius 1 is 0.640 bits per heavy atom. The van der Waals surface area contributed by atoms with Gasteiger partial charge in [0.05, 0.1) is 52.9 Å². The number of ether oxygens (including phenoxy) is 11. The standard InChI is InChI=1S/C51H79NO13.C38H42N2O6/c1-30-16-12-11-13-17-31(2)42(61-8)28-38-21-19-36(7)51(60,65-38)48(57)49(58)52-23-15-14-18-39(52)50(59)64-43(33(4)26-37-20-22-40(53)44(27-37)62-9)29-41(54)32(3)25-35(6)46(56)47(63-10)45(55)34(5)24-30;1-39-15-13-25-20-32(42-4)34-22-28(25)29(39)17-23-7-10-27(11-8-23)45-33-19-24(9-12-31(33)41-3)18-30-36-26(14-16-40(30)2)21-35(43-5)37(44-6)38(36)46-34/h11-13,16-17,25,30,32-34,36-40,42-44,46-47,53,56,60H,14-15,18-24,26-29H2,1-10H3;7-12,19-22,29-30H,13-18H2,1-6H3/b13-11?,16-12+,31-17?,35-25+;/t30-,32-,33-,34-,36-,37+,38+,39+,40-,42+,43+,44-,46-,47+,51-;29-,30-/m10/s1. The van der Waals surface area contributed by atoms with Gasteiger partial charge in [0.2, 0.25) is 11.5 Å². The van der Waals surface area contributed by atoms with Crippen molar-refractivity contribution in [1.29, 1.82) is 0 Å². The molecule has 2 saturated heterocycles. The topological polar surface area (TPSA) is 257 Å². The Hall–Kier alpha value is -7.77. The molecular weight excluding hydrogens is 1410 g/mol. The molecule has 1 aliphatic carbocycles. The van der Waals surface area contributed by atoms with Crippen molar-refractivity contribution in [2.24, 2.45) is 35.5 Å². The van der Waals surface area contributed by atoms with Crippen LogP contribution >= 0.6 is 0 Å². The second kappa shape index (κ2) is 38.8. The van der Waals surface area contributed by atoms with Gasteiger partial charge in [-0.1, -0.05) is 89.3 Å². The summed E-state index contributed by atoms with van der Waals surface area (Å²) >= 11 is 0. The summed E-state index contributed by atoms with van der Waals surface area (Å²) in [6.45, 7) is 14.6. The molecule has 8 bridgehead atoms. The normalized spacial score (nSPS) is 30.9. The first kappa shape index (κ1) is 85.7. The number of fused-ring (bicyclic) bond motifs is 5. The highest BCUT2D eigenvalue weighted by molar-refractivity contribution is 6.39. The van der Waals surface area contributed by atoms with Crippen LogP contribution in [-0.2, 0) is 73.3 Å². The monoisotopic (exact) mass is 1540 g/mol. The Kier molecular flexibility index (Phi) is 30.0. The second-order valence-corrected chi connectivity index (χ2v) is 32.0. The maximum atomic E-state index is 14.4. The molecule has 22 nitrogen and oxygen atoms in total. The average Bonchev–Trinajstić information content (AvgIpc) is 0.755. The molecule has 4 aromatic rings. The molecule has 1 saturated carbocycles. The number of carbonyl (C=O) groups excluding carboxylic acids is 5. The van der Waals surface area contributed by atoms with Crippen molar-refractivity contribution in [3.05, 3.63) is 142 Å². The van der Waals surface area contributed by atoms with Crippen LogP contribution in [0.4, 0.5) is 0 Å². The van der Waals surface area contributed by atoms with E-state index in [4.69, 9.17) is 52.1 Å². The second-order valence-electron chi connectivity index (χ2n) is 32.0. The molecule has 0 radical (unpaired) electrons. The molecule has 8 aliphatic rings. The number of aliphatic hydroxyl groups excluding tert-OH is 2. The molecule has 3 fully saturated rings. The van der Waals surface area contributed by atoms with Gasteiger partial charge in [0.15, 0.2) is 40.3 Å². The minimum absolute atomic E-state index is 0.000437. The summed E-state index contributed by atoms with van der Waals surface area (Å²) in [4.78, 5) is 76.6. The largest absolute Gasteiger partial charge is 0.493 e. The van der Waals surface area contributed by atoms with E-state index >= 15 is 0 Å². The predicted octanol–water partition coefficient (Wildman–Crippen LogP) is 13.3. The number of cyclic esters (lactones) is 1. The van der Waals surface area contributed by atoms with Gasteiger partial charge in [0, 0.05) is 89.2 Å². The summed E-state index contributed by atoms with van der Waals surface area (Å²) in [7, 11) is 15.6. The van der Waals surface area contributed by atoms with Crippen molar-refractivity contribution in [3.63, 3.8) is 0 Å². The van der Waals surface area contributed by atoms with Gasteiger partial charge >= 0.3 is 5.97 Å². The van der Waals surface area contributed by atoms with Crippen LogP contribution in [0.2, 0.25) is 0 Å². The van der Waals surface area contributed by atoms with Gasteiger partial charge in [0.25, 0.3) is 11.7 Å². The van der Waals surface area contributed by atoms with Gasteiger partial charge in [-0.3, -0.25) is 29.0 Å². The van der Waals surface area contributed by atoms with E-state index in [1.165, 1.54) is 34.3 Å². The van der Waals surface area contributed by atoms with Crippen molar-refractivity contribution in [3.8, 4) is 46.0 Å². The van der Waals surface area contributed by atoms with E-state index in [9.17, 15) is 39.3 Å². The van der Waals surface area contributed by atoms with Crippen LogP contribution in [0.15, 0.2) is 108 Å². The number of aliphatic hydroxyl groups is 3. The van der Waals surface area contributed by atoms with Gasteiger partial charge in [-0.15, -0.1) is 0 Å². The summed E-state index contributed by atoms with van der Waals surface area (Å²) in [6, 6.07) is 20.1. The van der Waals surface area contributed by atoms with Crippen molar-refractivity contribution >= 4 is 29.2 Å². The molecular formula is C89H121N3O19. The third kappa shape index (κ3) is 20.2. The van der Waals surface area contributed by atoms with Crippen LogP contribution in [0.3, 0.4) is 0 Å². The first-order chi connectivity index (χ1) is 53.1. The van der Waals surface area contributed by atoms with Gasteiger partial charge in [-0.25, -0.2) is 4.79 Å². The first-order valence-electron chi connectivity index (χ1n) is 39.8. The van der Waals surface area contributed by atoms with Gasteiger partial charge in [-0.2, -0.15) is 0 Å². The Balaban J connectivity index is 0.000000249. The summed E-state index contributed by atoms with van der Waals surface area (Å²) in [5.74, 6) is -2.55. The van der Waals surface area contributed by atoms with Gasteiger partial charge in [0.1, 0.15) is 35.9 Å². The number of rotatable bonds is 10. The summed E-state index contributed by atoms with van der Waals surface area (Å²) < 4.78 is 66.5. The SMILES string of the molecule is CO[C@H]1C[C@@H]2CC[C@@H](C)[C@@](O)(O2)C(=O)C(=O)N2CCCC[C@H]2C(=O)O[C@H]([C@H](C)C[C@@H]2CC[C@@H](O)[C@H](OC)C2)CC(=O)[C@H](C)/C=C(\C)[C@@H](O)[C@@H](OC)C(=O)[C@H](C)C[C@H](C)/C=C/C=CC=C1C.COc1ccc2cc1Oc1ccc(cc1)C[C@H]1c3cc(c(OC)cc3CCN1C)Oc1c(OC)c(OC)cc3c1[C@H](C2)N(C)CC3. The first-order valence-corrected chi connectivity index (χ1v) is 39.8. The number of methoxy groups -OCH3 is 7. The van der Waals surface area contributed by atoms with Crippen molar-refractivity contribution in [2.75, 3.05) is 83.5 Å². The quantitative estimate of drug-likeness (QED) is 0.0757. The van der Waals surface area contributed by atoms with Gasteiger partial charge in [-0.05, 0) is 217 Å². The molecule has 0 spiro atoms. The lowest BCUT2D eigenvalue weighted by molar-refractivity contribution is -0.265. The number of hydrogen-bond donors (Lipinski definition) is 3. The van der Waals surface area contributed by atoms with Crippen molar-refractivity contribution in [2.45, 2.75) is 218 Å². The molecule has 7 aliphatic heterocycles. The molecule has 0 unspecified atom stereocenters. The molecule has 3 N–H and O–H groups in total. The highest BCUT2D eigenvalue weighted by atomic mass is 16.6. The fourth-order valence-corrected chi connectivity index (χ4v) is 17.4. The number of Topliss-reactive ketones (excluding diaryl/α,β-unsaturated/α-hetero) is 3. The van der Waals surface area contributed by atoms with E-state index < -0.39 is 83.9 Å². The van der Waals surface area contributed by atoms with Crippen LogP contribution in [-0.4, -0.2) is 197 Å². The highest BCUT2D eigenvalue weighted by Gasteiger charge is 2.53. The maximum absolute atomic E-state index is 14.4. The number of likely N-dealkylation sites (N-methyl/N-ethyl adjacent to an activating group) is 2. The van der Waals surface area contributed by atoms with Crippen LogP contribution in [0.25, 0.3) is 0 Å². The number of benzene rings is 4. The molecule has 606 valence electrons. The Morgan fingerprint density at radius 2 is 1.32 bits per heavy atom. The zero-order chi connectivity index (χ0) is 80.1. The lowest BCUT2D eigenvalue weighted by Crippen LogP contribution is -2.61. The molecule has 0 aromatic heterocycles. The molecule has 17 atom stereocenters. The third-order valence-electron chi connectivity index (χ3n) is 24.3. The van der Waals surface area contributed by atoms with Crippen molar-refractivity contribution < 1.29 is 91.4 Å². The van der Waals surface area contributed by atoms with E-state index in [1.807, 2.05) is 76.3 Å². The van der Waals surface area contributed by atoms with Crippen molar-refractivity contribution in [1.82, 2.24) is 14.7 Å². The summed E-state index contributed by atoms with van der Waals surface area (Å²) in [6.07, 6.45) is 14.6. The van der Waals surface area contributed by atoms with E-state index in [0.717, 1.165) is 67.6 Å². The van der Waals surface area contributed by atoms with E-state index in [2.05, 4.69) is 66.4 Å². The van der Waals surface area contributed by atoms with Crippen LogP contribution in [0.5, 0.6) is 46.0 Å². The van der Waals surface area contributed by atoms with E-state index in [0.29, 0.717) is 104 Å². The zero-order valence-corrected chi connectivity index (χ0v) is 68.1. The summed E-state index contributed by atoms with van der Waals surface area (Å²) in [5, 5.41) is 33.8. The number of piperidine rings is 1. The number of carbonyl (C=O) groups is 5. The number of hydrogen-bond acceptors (Lipinski definition) is 21. The Morgan fingerprint density at radius 3 is 2.02 bits per heavy atom. The molecule has 7 heterocycles. The highest BCUT2D eigenvalue weighted by Crippen LogP contribution is 2.53. The average molecular weight is 1540 g/mol. The number of amides is 1. The Labute approximate surface area is 656 Å². The van der Waals surface area contributed by atoms with Gasteiger partial charge < -0.3 is 72.3 Å². The van der Waals surface area contributed by atoms with Crippen LogP contribution < -0.4 is 28.4 Å². The molecule has 1 amide bonds. The summed E-state index contributed by atoms with van der Waals surface area (Å²) in [5.41, 5.74) is 8.42. The predicted molar refractivity (Wildman–Crippen MR) is 423 cm³/mol. The number of esters is 1. The molecule has 22 heteroatoms. The van der Waals surface area contributed by atoms with Crippen LogP contribution in [0.1, 0.15) is 171 Å². The molecule has 12 rings (SSSR count). The number of allylic oxidation sites excluding steroid dienone is 6. The minimum Gasteiger partial charge on any atom is -0.493 e. The fourth-order valence-electron chi connectivity index (χ4n) is 17.4. The van der Waals surface area contributed by atoms with Crippen LogP contribution in [0, 0.1) is 35.5 Å². The zero-order valence-electron chi connectivity index (χ0n) is 68.1. The molecule has 4 aromatic carbocycles. The van der Waals surface area contributed by atoms with E-state index in [1.54, 1.807) is 69.5 Å². The minimum atomic E-state index is -2.43. The maximum Gasteiger partial charge on any atom is 0.329 e. The number of ketones is 3. The lowest BCUT2D eigenvalue weighted by atomic mass is 9.78. The third-order valence-corrected chi connectivity index (χ3v) is 24.3.